The van der Waals surface area contributed by atoms with Gasteiger partial charge in [0.25, 0.3) is 0 Å². The minimum Gasteiger partial charge on any atom is -0.441 e. The van der Waals surface area contributed by atoms with Crippen LogP contribution in [0.25, 0.3) is 11.3 Å². The van der Waals surface area contributed by atoms with Crippen molar-refractivity contribution in [3.05, 3.63) is 47.5 Å². The minimum absolute atomic E-state index is 0.289. The third-order valence-electron chi connectivity index (χ3n) is 4.51. The summed E-state index contributed by atoms with van der Waals surface area (Å²) in [5.74, 6) is 1.13. The van der Waals surface area contributed by atoms with E-state index >= 15 is 0 Å². The fourth-order valence-electron chi connectivity index (χ4n) is 3.09. The molecule has 25 heavy (non-hydrogen) atoms. The van der Waals surface area contributed by atoms with E-state index < -0.39 is 10.0 Å². The highest BCUT2D eigenvalue weighted by Crippen LogP contribution is 2.26. The Morgan fingerprint density at radius 3 is 2.76 bits per heavy atom. The number of benzene rings is 1. The number of nitrogens with one attached hydrogen (secondary N) is 1. The summed E-state index contributed by atoms with van der Waals surface area (Å²) in [6.45, 7) is 3.99. The summed E-state index contributed by atoms with van der Waals surface area (Å²) in [6.07, 6.45) is 9.27. The van der Waals surface area contributed by atoms with Gasteiger partial charge in [0, 0.05) is 19.0 Å². The van der Waals surface area contributed by atoms with E-state index in [9.17, 15) is 8.42 Å². The molecule has 1 heterocycles. The van der Waals surface area contributed by atoms with Crippen LogP contribution in [-0.2, 0) is 10.0 Å². The Balaban J connectivity index is 1.75. The van der Waals surface area contributed by atoms with E-state index in [1.54, 1.807) is 32.2 Å². The van der Waals surface area contributed by atoms with Crippen molar-refractivity contribution in [3.8, 4) is 11.3 Å². The highest BCUT2D eigenvalue weighted by molar-refractivity contribution is 7.89. The Morgan fingerprint density at radius 2 is 2.08 bits per heavy atom. The first-order valence-electron chi connectivity index (χ1n) is 8.67. The molecule has 1 aliphatic rings. The molecule has 1 N–H and O–H groups in total. The summed E-state index contributed by atoms with van der Waals surface area (Å²) < 4.78 is 33.6. The van der Waals surface area contributed by atoms with Gasteiger partial charge in [0.2, 0.25) is 10.0 Å². The highest BCUT2D eigenvalue weighted by Gasteiger charge is 2.18. The molecular weight excluding hydrogens is 336 g/mol. The Labute approximate surface area is 149 Å². The van der Waals surface area contributed by atoms with Crippen molar-refractivity contribution in [2.75, 3.05) is 6.54 Å². The fraction of sp³-hybridized carbons (Fsp3) is 0.421. The normalized spacial score (nSPS) is 15.2. The number of hydrogen-bond acceptors (Lipinski definition) is 4. The van der Waals surface area contributed by atoms with Gasteiger partial charge >= 0.3 is 0 Å². The van der Waals surface area contributed by atoms with Crippen molar-refractivity contribution in [1.82, 2.24) is 9.71 Å². The van der Waals surface area contributed by atoms with Crippen LogP contribution in [0.4, 0.5) is 0 Å². The molecule has 0 spiro atoms. The molecule has 1 aliphatic carbocycles. The van der Waals surface area contributed by atoms with E-state index in [2.05, 4.69) is 15.8 Å². The predicted molar refractivity (Wildman–Crippen MR) is 97.8 cm³/mol. The molecule has 0 amide bonds. The number of oxazole rings is 1. The fourth-order valence-corrected chi connectivity index (χ4v) is 4.39. The summed E-state index contributed by atoms with van der Waals surface area (Å²) in [5.41, 5.74) is 2.78. The molecule has 5 nitrogen and oxygen atoms in total. The molecule has 1 aromatic heterocycles. The highest BCUT2D eigenvalue weighted by atomic mass is 32.2. The molecule has 2 aromatic rings. The molecule has 0 aliphatic heterocycles. The summed E-state index contributed by atoms with van der Waals surface area (Å²) in [4.78, 5) is 4.36. The maximum Gasteiger partial charge on any atom is 0.240 e. The molecule has 0 bridgehead atoms. The van der Waals surface area contributed by atoms with Crippen molar-refractivity contribution in [2.24, 2.45) is 0 Å². The zero-order chi connectivity index (χ0) is 17.9. The van der Waals surface area contributed by atoms with Crippen LogP contribution in [0.5, 0.6) is 0 Å². The second-order valence-electron chi connectivity index (χ2n) is 6.48. The van der Waals surface area contributed by atoms with Gasteiger partial charge in [-0.05, 0) is 50.7 Å². The van der Waals surface area contributed by atoms with Gasteiger partial charge in [0.05, 0.1) is 11.1 Å². The molecule has 6 heteroatoms. The lowest BCUT2D eigenvalue weighted by atomic mass is 9.97. The summed E-state index contributed by atoms with van der Waals surface area (Å²) in [6, 6.07) is 5.30. The number of hydrogen-bond donors (Lipinski definition) is 1. The van der Waals surface area contributed by atoms with Gasteiger partial charge in [-0.1, -0.05) is 23.8 Å². The molecule has 0 fully saturated rings. The maximum absolute atomic E-state index is 12.7. The van der Waals surface area contributed by atoms with Crippen LogP contribution in [-0.4, -0.2) is 19.9 Å². The van der Waals surface area contributed by atoms with Gasteiger partial charge in [-0.2, -0.15) is 0 Å². The monoisotopic (exact) mass is 360 g/mol. The number of sulfonamides is 1. The number of nitrogens with zero attached hydrogens (tertiary/aromatic N) is 1. The van der Waals surface area contributed by atoms with Crippen LogP contribution in [0.3, 0.4) is 0 Å². The average molecular weight is 360 g/mol. The van der Waals surface area contributed by atoms with Gasteiger partial charge in [0.1, 0.15) is 0 Å². The largest absolute Gasteiger partial charge is 0.441 e. The second kappa shape index (κ2) is 7.54. The number of aryl methyl sites for hydroxylation is 2. The molecule has 0 unspecified atom stereocenters. The van der Waals surface area contributed by atoms with Crippen molar-refractivity contribution in [1.29, 1.82) is 0 Å². The number of rotatable bonds is 6. The van der Waals surface area contributed by atoms with Gasteiger partial charge in [-0.15, -0.1) is 0 Å². The molecule has 0 saturated heterocycles. The van der Waals surface area contributed by atoms with Crippen molar-refractivity contribution >= 4 is 10.0 Å². The molecule has 3 rings (SSSR count). The van der Waals surface area contributed by atoms with Gasteiger partial charge in [0.15, 0.2) is 11.7 Å². The van der Waals surface area contributed by atoms with Crippen molar-refractivity contribution in [2.45, 2.75) is 50.8 Å². The van der Waals surface area contributed by atoms with Crippen molar-refractivity contribution in [3.63, 3.8) is 0 Å². The Bertz CT molecular complexity index is 882. The first-order chi connectivity index (χ1) is 12.0. The van der Waals surface area contributed by atoms with Crippen LogP contribution in [0.2, 0.25) is 0 Å². The Morgan fingerprint density at radius 1 is 1.24 bits per heavy atom. The zero-order valence-corrected chi connectivity index (χ0v) is 15.5. The van der Waals surface area contributed by atoms with Crippen LogP contribution in [0.15, 0.2) is 45.4 Å². The molecule has 0 saturated carbocycles. The van der Waals surface area contributed by atoms with Crippen LogP contribution >= 0.6 is 0 Å². The first kappa shape index (κ1) is 17.9. The van der Waals surface area contributed by atoms with Crippen molar-refractivity contribution < 1.29 is 12.8 Å². The third kappa shape index (κ3) is 4.38. The van der Waals surface area contributed by atoms with E-state index in [0.29, 0.717) is 29.3 Å². The predicted octanol–water partition coefficient (Wildman–Crippen LogP) is 4.13. The molecule has 134 valence electrons. The van der Waals surface area contributed by atoms with E-state index in [1.807, 2.05) is 6.07 Å². The molecular formula is C19H24N2O3S. The van der Waals surface area contributed by atoms with Crippen LogP contribution in [0.1, 0.15) is 43.6 Å². The van der Waals surface area contributed by atoms with Gasteiger partial charge < -0.3 is 4.42 Å². The SMILES string of the molecule is Cc1ncc(-c2ccc(C)c(S(=O)(=O)NCCC3=CCCCC3)c2)o1. The third-order valence-corrected chi connectivity index (χ3v) is 6.11. The number of allylic oxidation sites excluding steroid dienone is 1. The molecule has 1 aromatic carbocycles. The Hall–Kier alpha value is -1.92. The van der Waals surface area contributed by atoms with Gasteiger partial charge in [-0.25, -0.2) is 18.1 Å². The van der Waals surface area contributed by atoms with E-state index in [1.165, 1.54) is 18.4 Å². The van der Waals surface area contributed by atoms with Gasteiger partial charge in [-0.3, -0.25) is 0 Å². The minimum atomic E-state index is -3.55. The smallest absolute Gasteiger partial charge is 0.240 e. The quantitative estimate of drug-likeness (QED) is 0.786. The maximum atomic E-state index is 12.7. The average Bonchev–Trinajstić information content (AvgIpc) is 3.02. The second-order valence-corrected chi connectivity index (χ2v) is 8.22. The van der Waals surface area contributed by atoms with Crippen LogP contribution in [0, 0.1) is 13.8 Å². The lowest BCUT2D eigenvalue weighted by Gasteiger charge is -2.14. The summed E-state index contributed by atoms with van der Waals surface area (Å²) >= 11 is 0. The molecule has 0 radical (unpaired) electrons. The first-order valence-corrected chi connectivity index (χ1v) is 10.1. The standard InChI is InChI=1S/C19H24N2O3S/c1-14-8-9-17(18-13-20-15(2)24-18)12-19(14)25(22,23)21-11-10-16-6-4-3-5-7-16/h6,8-9,12-13,21H,3-5,7,10-11H2,1-2H3. The Kier molecular flexibility index (Phi) is 5.39. The van der Waals surface area contributed by atoms with E-state index in [0.717, 1.165) is 19.3 Å². The van der Waals surface area contributed by atoms with E-state index in [4.69, 9.17) is 4.42 Å². The molecule has 0 atom stereocenters. The summed E-state index contributed by atoms with van der Waals surface area (Å²) in [7, 11) is -3.55. The van der Waals surface area contributed by atoms with Crippen LogP contribution < -0.4 is 4.72 Å². The zero-order valence-electron chi connectivity index (χ0n) is 14.7. The lowest BCUT2D eigenvalue weighted by Crippen LogP contribution is -2.26. The number of aromatic nitrogens is 1. The van der Waals surface area contributed by atoms with E-state index in [-0.39, 0.29) is 4.90 Å². The topological polar surface area (TPSA) is 72.2 Å². The summed E-state index contributed by atoms with van der Waals surface area (Å²) in [5, 5.41) is 0. The lowest BCUT2D eigenvalue weighted by molar-refractivity contribution is 0.534.